The summed E-state index contributed by atoms with van der Waals surface area (Å²) in [5.74, 6) is 1.25. The molecule has 0 atom stereocenters. The predicted octanol–water partition coefficient (Wildman–Crippen LogP) is 3.05. The lowest BCUT2D eigenvalue weighted by molar-refractivity contribution is 0.0733. The van der Waals surface area contributed by atoms with Gasteiger partial charge in [-0.05, 0) is 37.8 Å². The Labute approximate surface area is 155 Å². The zero-order valence-electron chi connectivity index (χ0n) is 15.9. The van der Waals surface area contributed by atoms with Gasteiger partial charge in [-0.15, -0.1) is 0 Å². The van der Waals surface area contributed by atoms with E-state index in [1.165, 1.54) is 17.7 Å². The number of carbonyl (C=O) groups is 1. The highest BCUT2D eigenvalue weighted by Gasteiger charge is 2.29. The van der Waals surface area contributed by atoms with Crippen molar-refractivity contribution in [3.63, 3.8) is 0 Å². The van der Waals surface area contributed by atoms with Crippen LogP contribution < -0.4 is 4.90 Å². The molecule has 1 aromatic carbocycles. The van der Waals surface area contributed by atoms with Crippen LogP contribution in [0, 0.1) is 6.92 Å². The fourth-order valence-corrected chi connectivity index (χ4v) is 4.30. The molecule has 0 spiro atoms. The van der Waals surface area contributed by atoms with Crippen molar-refractivity contribution in [2.24, 2.45) is 0 Å². The first-order valence-electron chi connectivity index (χ1n) is 9.87. The summed E-state index contributed by atoms with van der Waals surface area (Å²) in [6, 6.07) is 8.62. The molecule has 0 aliphatic carbocycles. The molecule has 1 saturated heterocycles. The fourth-order valence-electron chi connectivity index (χ4n) is 4.30. The van der Waals surface area contributed by atoms with Crippen molar-refractivity contribution in [3.05, 3.63) is 47.0 Å². The average Bonchev–Trinajstić information content (AvgIpc) is 3.03. The van der Waals surface area contributed by atoms with E-state index in [-0.39, 0.29) is 5.91 Å². The van der Waals surface area contributed by atoms with E-state index in [1.54, 1.807) is 0 Å². The quantitative estimate of drug-likeness (QED) is 0.852. The zero-order chi connectivity index (χ0) is 18.1. The van der Waals surface area contributed by atoms with Gasteiger partial charge in [0.15, 0.2) is 0 Å². The van der Waals surface area contributed by atoms with E-state index in [0.717, 1.165) is 69.2 Å². The van der Waals surface area contributed by atoms with Crippen LogP contribution >= 0.6 is 0 Å². The van der Waals surface area contributed by atoms with Crippen LogP contribution in [-0.2, 0) is 19.4 Å². The van der Waals surface area contributed by atoms with E-state index in [0.29, 0.717) is 0 Å². The lowest BCUT2D eigenvalue weighted by atomic mass is 10.1. The second kappa shape index (κ2) is 7.14. The molecule has 5 nitrogen and oxygen atoms in total. The number of rotatable bonds is 3. The van der Waals surface area contributed by atoms with Crippen molar-refractivity contribution in [1.82, 2.24) is 14.5 Å². The second-order valence-corrected chi connectivity index (χ2v) is 7.33. The van der Waals surface area contributed by atoms with Crippen LogP contribution in [0.15, 0.2) is 24.3 Å². The summed E-state index contributed by atoms with van der Waals surface area (Å²) >= 11 is 0. The number of aromatic nitrogens is 2. The van der Waals surface area contributed by atoms with Gasteiger partial charge in [0.2, 0.25) is 0 Å². The molecular formula is C21H28N4O. The van der Waals surface area contributed by atoms with Gasteiger partial charge in [-0.3, -0.25) is 4.79 Å². The zero-order valence-corrected chi connectivity index (χ0v) is 15.9. The summed E-state index contributed by atoms with van der Waals surface area (Å²) in [6.07, 6.45) is 4.36. The number of fused-ring (bicyclic) bond motifs is 1. The van der Waals surface area contributed by atoms with Crippen molar-refractivity contribution < 1.29 is 4.79 Å². The normalized spacial score (nSPS) is 17.3. The lowest BCUT2D eigenvalue weighted by Gasteiger charge is -2.37. The third-order valence-electron chi connectivity index (χ3n) is 5.74. The monoisotopic (exact) mass is 352 g/mol. The van der Waals surface area contributed by atoms with Gasteiger partial charge < -0.3 is 14.4 Å². The minimum Gasteiger partial charge on any atom is -0.368 e. The summed E-state index contributed by atoms with van der Waals surface area (Å²) in [5.41, 5.74) is 4.42. The van der Waals surface area contributed by atoms with E-state index < -0.39 is 0 Å². The number of hydrogen-bond donors (Lipinski definition) is 0. The highest BCUT2D eigenvalue weighted by atomic mass is 16.2. The van der Waals surface area contributed by atoms with Gasteiger partial charge in [0.25, 0.3) is 5.91 Å². The van der Waals surface area contributed by atoms with E-state index in [9.17, 15) is 4.79 Å². The molecular weight excluding hydrogens is 324 g/mol. The summed E-state index contributed by atoms with van der Waals surface area (Å²) in [6.45, 7) is 8.44. The minimum atomic E-state index is 0.159. The minimum absolute atomic E-state index is 0.159. The fraction of sp³-hybridized carbons (Fsp3) is 0.524. The van der Waals surface area contributed by atoms with Crippen molar-refractivity contribution in [2.75, 3.05) is 31.1 Å². The number of anilines is 1. The molecule has 0 unspecified atom stereocenters. The Bertz CT molecular complexity index is 802. The van der Waals surface area contributed by atoms with Gasteiger partial charge in [0.1, 0.15) is 11.5 Å². The number of imidazole rings is 1. The standard InChI is InChI=1S/C21H28N4O/c1-3-17-8-4-5-9-18(17)23-12-14-24(15-13-23)21(26)20-16(2)22-19-10-6-7-11-25(19)20/h4-5,8-9H,3,6-7,10-15H2,1-2H3. The molecule has 4 rings (SSSR count). The number of nitrogens with zero attached hydrogens (tertiary/aromatic N) is 4. The van der Waals surface area contributed by atoms with E-state index >= 15 is 0 Å². The Kier molecular flexibility index (Phi) is 4.70. The van der Waals surface area contributed by atoms with Crippen LogP contribution in [0.25, 0.3) is 0 Å². The molecule has 2 aromatic rings. The topological polar surface area (TPSA) is 41.4 Å². The van der Waals surface area contributed by atoms with Gasteiger partial charge >= 0.3 is 0 Å². The Balaban J connectivity index is 1.48. The Morgan fingerprint density at radius 1 is 1.08 bits per heavy atom. The molecule has 0 bridgehead atoms. The number of aryl methyl sites for hydroxylation is 3. The first kappa shape index (κ1) is 17.1. The first-order valence-corrected chi connectivity index (χ1v) is 9.87. The van der Waals surface area contributed by atoms with Crippen molar-refractivity contribution in [1.29, 1.82) is 0 Å². The van der Waals surface area contributed by atoms with Crippen LogP contribution in [0.3, 0.4) is 0 Å². The van der Waals surface area contributed by atoms with Gasteiger partial charge in [0, 0.05) is 44.8 Å². The highest BCUT2D eigenvalue weighted by Crippen LogP contribution is 2.24. The molecule has 5 heteroatoms. The van der Waals surface area contributed by atoms with E-state index in [4.69, 9.17) is 0 Å². The number of carbonyl (C=O) groups excluding carboxylic acids is 1. The predicted molar refractivity (Wildman–Crippen MR) is 104 cm³/mol. The molecule has 0 radical (unpaired) electrons. The second-order valence-electron chi connectivity index (χ2n) is 7.33. The number of benzene rings is 1. The SMILES string of the molecule is CCc1ccccc1N1CCN(C(=O)c2c(C)nc3n2CCCC3)CC1. The number of hydrogen-bond acceptors (Lipinski definition) is 3. The third-order valence-corrected chi connectivity index (χ3v) is 5.74. The van der Waals surface area contributed by atoms with Crippen LogP contribution in [-0.4, -0.2) is 46.5 Å². The summed E-state index contributed by atoms with van der Waals surface area (Å²) in [7, 11) is 0. The summed E-state index contributed by atoms with van der Waals surface area (Å²) in [4.78, 5) is 22.3. The molecule has 0 N–H and O–H groups in total. The van der Waals surface area contributed by atoms with E-state index in [1.807, 2.05) is 11.8 Å². The average molecular weight is 352 g/mol. The molecule has 3 heterocycles. The molecule has 2 aliphatic heterocycles. The van der Waals surface area contributed by atoms with Crippen LogP contribution in [0.5, 0.6) is 0 Å². The first-order chi connectivity index (χ1) is 12.7. The maximum Gasteiger partial charge on any atom is 0.272 e. The van der Waals surface area contributed by atoms with Gasteiger partial charge in [0.05, 0.1) is 5.69 Å². The molecule has 0 saturated carbocycles. The van der Waals surface area contributed by atoms with Crippen LogP contribution in [0.4, 0.5) is 5.69 Å². The summed E-state index contributed by atoms with van der Waals surface area (Å²) in [5, 5.41) is 0. The molecule has 1 fully saturated rings. The van der Waals surface area contributed by atoms with Gasteiger partial charge in [-0.25, -0.2) is 4.98 Å². The third kappa shape index (κ3) is 3.00. The number of para-hydroxylation sites is 1. The van der Waals surface area contributed by atoms with Crippen molar-refractivity contribution >= 4 is 11.6 Å². The lowest BCUT2D eigenvalue weighted by Crippen LogP contribution is -2.49. The van der Waals surface area contributed by atoms with Crippen molar-refractivity contribution in [3.8, 4) is 0 Å². The number of piperazine rings is 1. The Hall–Kier alpha value is -2.30. The number of amides is 1. The Morgan fingerprint density at radius 2 is 1.85 bits per heavy atom. The maximum atomic E-state index is 13.2. The maximum absolute atomic E-state index is 13.2. The van der Waals surface area contributed by atoms with Crippen molar-refractivity contribution in [2.45, 2.75) is 46.1 Å². The van der Waals surface area contributed by atoms with E-state index in [2.05, 4.69) is 45.6 Å². The molecule has 138 valence electrons. The molecule has 1 aromatic heterocycles. The van der Waals surface area contributed by atoms with Gasteiger partial charge in [-0.1, -0.05) is 25.1 Å². The summed E-state index contributed by atoms with van der Waals surface area (Å²) < 4.78 is 2.17. The molecule has 26 heavy (non-hydrogen) atoms. The highest BCUT2D eigenvalue weighted by molar-refractivity contribution is 5.94. The smallest absolute Gasteiger partial charge is 0.272 e. The molecule has 2 aliphatic rings. The van der Waals surface area contributed by atoms with Gasteiger partial charge in [-0.2, -0.15) is 0 Å². The molecule has 1 amide bonds. The largest absolute Gasteiger partial charge is 0.368 e. The Morgan fingerprint density at radius 3 is 2.62 bits per heavy atom. The van der Waals surface area contributed by atoms with Crippen LogP contribution in [0.1, 0.15) is 47.3 Å². The van der Waals surface area contributed by atoms with Crippen LogP contribution in [0.2, 0.25) is 0 Å².